The highest BCUT2D eigenvalue weighted by molar-refractivity contribution is 7.89. The maximum absolute atomic E-state index is 12.7. The summed E-state index contributed by atoms with van der Waals surface area (Å²) in [7, 11) is -2.35. The SMILES string of the molecule is COC(=O)[C@@H](C)CS(=O)(=O)N1Cc2ccccc2OC[C@H]1C. The molecule has 0 fully saturated rings. The molecular formula is C15H21NO5S. The molecule has 0 aromatic heterocycles. The lowest BCUT2D eigenvalue weighted by molar-refractivity contribution is -0.144. The van der Waals surface area contributed by atoms with Gasteiger partial charge in [0.05, 0.1) is 24.8 Å². The zero-order chi connectivity index (χ0) is 16.3. The Hall–Kier alpha value is -1.60. The molecule has 2 rings (SSSR count). The van der Waals surface area contributed by atoms with Crippen LogP contribution in [0.3, 0.4) is 0 Å². The van der Waals surface area contributed by atoms with Crippen LogP contribution in [-0.4, -0.2) is 44.2 Å². The fourth-order valence-electron chi connectivity index (χ4n) is 2.45. The first-order chi connectivity index (χ1) is 10.3. The van der Waals surface area contributed by atoms with Gasteiger partial charge in [-0.1, -0.05) is 25.1 Å². The lowest BCUT2D eigenvalue weighted by Crippen LogP contribution is -2.42. The normalized spacial score (nSPS) is 20.4. The highest BCUT2D eigenvalue weighted by Gasteiger charge is 2.33. The van der Waals surface area contributed by atoms with Gasteiger partial charge in [0, 0.05) is 12.1 Å². The van der Waals surface area contributed by atoms with Crippen LogP contribution in [0.4, 0.5) is 0 Å². The number of carbonyl (C=O) groups excluding carboxylic acids is 1. The molecule has 0 amide bonds. The number of ether oxygens (including phenoxy) is 2. The molecule has 0 saturated carbocycles. The van der Waals surface area contributed by atoms with E-state index in [9.17, 15) is 13.2 Å². The number of hydrogen-bond donors (Lipinski definition) is 0. The van der Waals surface area contributed by atoms with Gasteiger partial charge in [-0.25, -0.2) is 8.42 Å². The quantitative estimate of drug-likeness (QED) is 0.782. The van der Waals surface area contributed by atoms with E-state index in [4.69, 9.17) is 4.74 Å². The molecule has 0 N–H and O–H groups in total. The zero-order valence-corrected chi connectivity index (χ0v) is 13.8. The summed E-state index contributed by atoms with van der Waals surface area (Å²) in [5.41, 5.74) is 0.821. The van der Waals surface area contributed by atoms with Gasteiger partial charge in [-0.2, -0.15) is 4.31 Å². The predicted molar refractivity (Wildman–Crippen MR) is 81.9 cm³/mol. The molecule has 0 bridgehead atoms. The smallest absolute Gasteiger partial charge is 0.309 e. The number of benzene rings is 1. The molecule has 2 atom stereocenters. The third kappa shape index (κ3) is 3.59. The molecule has 7 heteroatoms. The third-order valence-corrected chi connectivity index (χ3v) is 5.82. The van der Waals surface area contributed by atoms with Crippen LogP contribution in [0.5, 0.6) is 5.75 Å². The molecule has 1 aromatic carbocycles. The number of esters is 1. The summed E-state index contributed by atoms with van der Waals surface area (Å²) in [6.07, 6.45) is 0. The highest BCUT2D eigenvalue weighted by Crippen LogP contribution is 2.27. The largest absolute Gasteiger partial charge is 0.492 e. The lowest BCUT2D eigenvalue weighted by Gasteiger charge is -2.26. The van der Waals surface area contributed by atoms with Crippen LogP contribution in [0.1, 0.15) is 19.4 Å². The second kappa shape index (κ2) is 6.66. The molecular weight excluding hydrogens is 306 g/mol. The van der Waals surface area contributed by atoms with Crippen molar-refractivity contribution in [2.45, 2.75) is 26.4 Å². The first-order valence-electron chi connectivity index (χ1n) is 7.13. The average Bonchev–Trinajstić information content (AvgIpc) is 2.66. The maximum Gasteiger partial charge on any atom is 0.309 e. The first-order valence-corrected chi connectivity index (χ1v) is 8.74. The van der Waals surface area contributed by atoms with Crippen molar-refractivity contribution in [2.75, 3.05) is 19.5 Å². The Morgan fingerprint density at radius 1 is 1.45 bits per heavy atom. The molecule has 0 aliphatic carbocycles. The zero-order valence-electron chi connectivity index (χ0n) is 13.0. The Bertz CT molecular complexity index is 643. The van der Waals surface area contributed by atoms with Crippen LogP contribution in [0.15, 0.2) is 24.3 Å². The van der Waals surface area contributed by atoms with Gasteiger partial charge in [0.15, 0.2) is 0 Å². The highest BCUT2D eigenvalue weighted by atomic mass is 32.2. The Kier molecular flexibility index (Phi) is 5.08. The number of carbonyl (C=O) groups is 1. The third-order valence-electron chi connectivity index (χ3n) is 3.69. The van der Waals surface area contributed by atoms with Crippen molar-refractivity contribution < 1.29 is 22.7 Å². The van der Waals surface area contributed by atoms with Gasteiger partial charge in [-0.15, -0.1) is 0 Å². The number of sulfonamides is 1. The van der Waals surface area contributed by atoms with E-state index in [0.717, 1.165) is 5.56 Å². The monoisotopic (exact) mass is 327 g/mol. The van der Waals surface area contributed by atoms with E-state index < -0.39 is 21.9 Å². The molecule has 1 aliphatic rings. The Morgan fingerprint density at radius 3 is 2.82 bits per heavy atom. The molecule has 1 aromatic rings. The summed E-state index contributed by atoms with van der Waals surface area (Å²) in [6, 6.07) is 7.07. The summed E-state index contributed by atoms with van der Waals surface area (Å²) in [5, 5.41) is 0. The van der Waals surface area contributed by atoms with Gasteiger partial charge in [0.2, 0.25) is 10.0 Å². The Morgan fingerprint density at radius 2 is 2.14 bits per heavy atom. The Balaban J connectivity index is 2.24. The van der Waals surface area contributed by atoms with Gasteiger partial charge in [0.1, 0.15) is 12.4 Å². The van der Waals surface area contributed by atoms with Crippen molar-refractivity contribution >= 4 is 16.0 Å². The molecule has 6 nitrogen and oxygen atoms in total. The van der Waals surface area contributed by atoms with E-state index in [2.05, 4.69) is 4.74 Å². The van der Waals surface area contributed by atoms with Crippen molar-refractivity contribution in [3.05, 3.63) is 29.8 Å². The van der Waals surface area contributed by atoms with Crippen LogP contribution >= 0.6 is 0 Å². The van der Waals surface area contributed by atoms with Crippen LogP contribution in [0.25, 0.3) is 0 Å². The summed E-state index contributed by atoms with van der Waals surface area (Å²) >= 11 is 0. The van der Waals surface area contributed by atoms with Gasteiger partial charge >= 0.3 is 5.97 Å². The average molecular weight is 327 g/mol. The standard InChI is InChI=1S/C15H21NO5S/c1-11(15(17)20-3)10-22(18,19)16-8-13-6-4-5-7-14(13)21-9-12(16)2/h4-7,11-12H,8-10H2,1-3H3/t11-,12+/m0/s1. The van der Waals surface area contributed by atoms with E-state index in [1.54, 1.807) is 13.8 Å². The summed E-state index contributed by atoms with van der Waals surface area (Å²) in [6.45, 7) is 3.87. The van der Waals surface area contributed by atoms with Gasteiger partial charge in [0.25, 0.3) is 0 Å². The molecule has 0 unspecified atom stereocenters. The fraction of sp³-hybridized carbons (Fsp3) is 0.533. The molecule has 1 aliphatic heterocycles. The second-order valence-corrected chi connectivity index (χ2v) is 7.48. The van der Waals surface area contributed by atoms with E-state index in [1.165, 1.54) is 11.4 Å². The molecule has 0 saturated heterocycles. The molecule has 122 valence electrons. The lowest BCUT2D eigenvalue weighted by atomic mass is 10.2. The van der Waals surface area contributed by atoms with E-state index in [-0.39, 0.29) is 24.9 Å². The summed E-state index contributed by atoms with van der Waals surface area (Å²) in [5.74, 6) is -0.802. The number of nitrogens with zero attached hydrogens (tertiary/aromatic N) is 1. The Labute approximate surface area is 131 Å². The number of fused-ring (bicyclic) bond motifs is 1. The number of para-hydroxylation sites is 1. The molecule has 1 heterocycles. The predicted octanol–water partition coefficient (Wildman–Crippen LogP) is 1.41. The van der Waals surface area contributed by atoms with Crippen molar-refractivity contribution in [1.82, 2.24) is 4.31 Å². The summed E-state index contributed by atoms with van der Waals surface area (Å²) in [4.78, 5) is 11.5. The van der Waals surface area contributed by atoms with Gasteiger partial charge < -0.3 is 9.47 Å². The van der Waals surface area contributed by atoms with Gasteiger partial charge in [-0.3, -0.25) is 4.79 Å². The molecule has 0 spiro atoms. The van der Waals surface area contributed by atoms with Crippen molar-refractivity contribution in [3.8, 4) is 5.75 Å². The van der Waals surface area contributed by atoms with Crippen molar-refractivity contribution in [3.63, 3.8) is 0 Å². The number of rotatable bonds is 4. The van der Waals surface area contributed by atoms with Crippen molar-refractivity contribution in [1.29, 1.82) is 0 Å². The minimum Gasteiger partial charge on any atom is -0.492 e. The van der Waals surface area contributed by atoms with Crippen LogP contribution < -0.4 is 4.74 Å². The van der Waals surface area contributed by atoms with Crippen LogP contribution in [-0.2, 0) is 26.1 Å². The topological polar surface area (TPSA) is 72.9 Å². The van der Waals surface area contributed by atoms with Gasteiger partial charge in [-0.05, 0) is 13.0 Å². The number of methoxy groups -OCH3 is 1. The first kappa shape index (κ1) is 16.8. The van der Waals surface area contributed by atoms with Crippen molar-refractivity contribution in [2.24, 2.45) is 5.92 Å². The minimum atomic E-state index is -3.60. The number of hydrogen-bond acceptors (Lipinski definition) is 5. The minimum absolute atomic E-state index is 0.244. The van der Waals surface area contributed by atoms with E-state index in [1.807, 2.05) is 24.3 Å². The fourth-order valence-corrected chi connectivity index (χ4v) is 4.35. The van der Waals surface area contributed by atoms with E-state index >= 15 is 0 Å². The van der Waals surface area contributed by atoms with Crippen LogP contribution in [0, 0.1) is 5.92 Å². The van der Waals surface area contributed by atoms with Crippen LogP contribution in [0.2, 0.25) is 0 Å². The molecule has 0 radical (unpaired) electrons. The summed E-state index contributed by atoms with van der Waals surface area (Å²) < 4.78 is 37.0. The van der Waals surface area contributed by atoms with E-state index in [0.29, 0.717) is 5.75 Å². The second-order valence-electron chi connectivity index (χ2n) is 5.52. The maximum atomic E-state index is 12.7. The molecule has 22 heavy (non-hydrogen) atoms.